The molecule has 26 heavy (non-hydrogen) atoms. The molecule has 1 unspecified atom stereocenters. The maximum atomic E-state index is 9.11. The van der Waals surface area contributed by atoms with Gasteiger partial charge in [0, 0.05) is 31.5 Å². The van der Waals surface area contributed by atoms with Crippen LogP contribution in [0.3, 0.4) is 0 Å². The first-order valence-electron chi connectivity index (χ1n) is 8.97. The summed E-state index contributed by atoms with van der Waals surface area (Å²) in [7, 11) is 0. The van der Waals surface area contributed by atoms with Crippen LogP contribution in [0.5, 0.6) is 0 Å². The number of likely N-dealkylation sites (tertiary alicyclic amines) is 1. The van der Waals surface area contributed by atoms with Crippen LogP contribution in [-0.4, -0.2) is 38.9 Å². The predicted molar refractivity (Wildman–Crippen MR) is 101 cm³/mol. The van der Waals surface area contributed by atoms with Gasteiger partial charge in [0.15, 0.2) is 0 Å². The summed E-state index contributed by atoms with van der Waals surface area (Å²) in [6, 6.07) is 12.0. The van der Waals surface area contributed by atoms with E-state index in [1.54, 1.807) is 0 Å². The van der Waals surface area contributed by atoms with E-state index in [4.69, 9.17) is 5.26 Å². The van der Waals surface area contributed by atoms with Crippen LogP contribution in [-0.2, 0) is 6.54 Å². The normalized spacial score (nSPS) is 17.5. The molecular weight excluding hydrogens is 324 g/mol. The fraction of sp³-hybridized carbons (Fsp3) is 0.350. The van der Waals surface area contributed by atoms with E-state index < -0.39 is 0 Å². The minimum Gasteiger partial charge on any atom is -0.370 e. The van der Waals surface area contributed by atoms with Gasteiger partial charge in [-0.05, 0) is 50.1 Å². The third kappa shape index (κ3) is 3.53. The number of nitrogens with zero attached hydrogens (tertiary/aromatic N) is 5. The highest BCUT2D eigenvalue weighted by Crippen LogP contribution is 2.20. The SMILES string of the molecule is Cc1cccc(NCC2CCN(Cc3cnc4ccc(C#N)cn34)C2)n1. The Morgan fingerprint density at radius 3 is 3.08 bits per heavy atom. The van der Waals surface area contributed by atoms with Crippen LogP contribution in [0.1, 0.15) is 23.4 Å². The van der Waals surface area contributed by atoms with Crippen LogP contribution in [0.4, 0.5) is 5.82 Å². The lowest BCUT2D eigenvalue weighted by Gasteiger charge is -2.16. The number of hydrogen-bond donors (Lipinski definition) is 1. The lowest BCUT2D eigenvalue weighted by atomic mass is 10.1. The molecule has 0 aliphatic carbocycles. The minimum absolute atomic E-state index is 0.617. The molecule has 0 bridgehead atoms. The largest absolute Gasteiger partial charge is 0.370 e. The molecule has 0 radical (unpaired) electrons. The molecule has 1 aliphatic heterocycles. The summed E-state index contributed by atoms with van der Waals surface area (Å²) in [5.74, 6) is 1.57. The zero-order valence-electron chi connectivity index (χ0n) is 14.9. The highest BCUT2D eigenvalue weighted by Gasteiger charge is 2.23. The maximum Gasteiger partial charge on any atom is 0.137 e. The number of pyridine rings is 2. The zero-order valence-corrected chi connectivity index (χ0v) is 14.9. The molecule has 0 amide bonds. The van der Waals surface area contributed by atoms with E-state index in [1.807, 2.05) is 54.0 Å². The second kappa shape index (κ2) is 7.14. The molecule has 6 nitrogen and oxygen atoms in total. The Kier molecular flexibility index (Phi) is 4.55. The predicted octanol–water partition coefficient (Wildman–Crippen LogP) is 2.84. The van der Waals surface area contributed by atoms with Gasteiger partial charge in [0.2, 0.25) is 0 Å². The highest BCUT2D eigenvalue weighted by atomic mass is 15.2. The number of nitrogens with one attached hydrogen (secondary N) is 1. The monoisotopic (exact) mass is 346 g/mol. The molecule has 132 valence electrons. The van der Waals surface area contributed by atoms with E-state index in [1.165, 1.54) is 6.42 Å². The summed E-state index contributed by atoms with van der Waals surface area (Å²) in [6.45, 7) is 5.95. The van der Waals surface area contributed by atoms with Gasteiger partial charge in [-0.3, -0.25) is 4.90 Å². The molecule has 6 heteroatoms. The Bertz CT molecular complexity index is 954. The van der Waals surface area contributed by atoms with E-state index in [0.717, 1.165) is 49.0 Å². The van der Waals surface area contributed by atoms with Gasteiger partial charge in [0.25, 0.3) is 0 Å². The van der Waals surface area contributed by atoms with Crippen molar-refractivity contribution in [2.75, 3.05) is 25.0 Å². The van der Waals surface area contributed by atoms with Crippen molar-refractivity contribution in [1.82, 2.24) is 19.3 Å². The summed E-state index contributed by atoms with van der Waals surface area (Å²) >= 11 is 0. The van der Waals surface area contributed by atoms with Crippen molar-refractivity contribution in [3.05, 3.63) is 59.7 Å². The van der Waals surface area contributed by atoms with E-state index in [-0.39, 0.29) is 0 Å². The van der Waals surface area contributed by atoms with Crippen LogP contribution in [0, 0.1) is 24.2 Å². The van der Waals surface area contributed by atoms with Gasteiger partial charge in [0.1, 0.15) is 17.5 Å². The molecule has 4 heterocycles. The number of hydrogen-bond acceptors (Lipinski definition) is 5. The van der Waals surface area contributed by atoms with Crippen molar-refractivity contribution in [3.63, 3.8) is 0 Å². The molecule has 1 N–H and O–H groups in total. The van der Waals surface area contributed by atoms with Gasteiger partial charge in [-0.25, -0.2) is 9.97 Å². The van der Waals surface area contributed by atoms with E-state index in [0.29, 0.717) is 11.5 Å². The number of nitriles is 1. The smallest absolute Gasteiger partial charge is 0.137 e. The second-order valence-corrected chi connectivity index (χ2v) is 6.94. The van der Waals surface area contributed by atoms with E-state index in [2.05, 4.69) is 26.3 Å². The second-order valence-electron chi connectivity index (χ2n) is 6.94. The summed E-state index contributed by atoms with van der Waals surface area (Å²) in [6.07, 6.45) is 4.97. The lowest BCUT2D eigenvalue weighted by Crippen LogP contribution is -2.23. The third-order valence-electron chi connectivity index (χ3n) is 4.93. The Balaban J connectivity index is 1.36. The Morgan fingerprint density at radius 2 is 2.23 bits per heavy atom. The number of aryl methyl sites for hydroxylation is 1. The lowest BCUT2D eigenvalue weighted by molar-refractivity contribution is 0.314. The fourth-order valence-electron chi connectivity index (χ4n) is 3.56. The molecule has 0 aromatic carbocycles. The first-order valence-corrected chi connectivity index (χ1v) is 8.97. The number of aromatic nitrogens is 3. The molecular formula is C20H22N6. The summed E-state index contributed by atoms with van der Waals surface area (Å²) in [5, 5.41) is 12.6. The molecule has 3 aromatic heterocycles. The molecule has 0 spiro atoms. The van der Waals surface area contributed by atoms with Crippen molar-refractivity contribution in [2.45, 2.75) is 19.9 Å². The molecule has 3 aromatic rings. The average Bonchev–Trinajstić information content (AvgIpc) is 3.27. The quantitative estimate of drug-likeness (QED) is 0.769. The molecule has 1 atom stereocenters. The van der Waals surface area contributed by atoms with Gasteiger partial charge in [-0.15, -0.1) is 0 Å². The first kappa shape index (κ1) is 16.6. The molecule has 4 rings (SSSR count). The van der Waals surface area contributed by atoms with Crippen molar-refractivity contribution in [2.24, 2.45) is 5.92 Å². The van der Waals surface area contributed by atoms with Gasteiger partial charge in [-0.2, -0.15) is 5.26 Å². The van der Waals surface area contributed by atoms with Crippen LogP contribution < -0.4 is 5.32 Å². The van der Waals surface area contributed by atoms with Crippen molar-refractivity contribution >= 4 is 11.5 Å². The number of anilines is 1. The van der Waals surface area contributed by atoms with Gasteiger partial charge < -0.3 is 9.72 Å². The number of fused-ring (bicyclic) bond motifs is 1. The molecule has 1 fully saturated rings. The highest BCUT2D eigenvalue weighted by molar-refractivity contribution is 5.44. The summed E-state index contributed by atoms with van der Waals surface area (Å²) in [5.41, 5.74) is 3.71. The summed E-state index contributed by atoms with van der Waals surface area (Å²) < 4.78 is 2.03. The van der Waals surface area contributed by atoms with Gasteiger partial charge in [-0.1, -0.05) is 6.07 Å². The van der Waals surface area contributed by atoms with E-state index in [9.17, 15) is 0 Å². The van der Waals surface area contributed by atoms with Crippen LogP contribution in [0.25, 0.3) is 5.65 Å². The Morgan fingerprint density at radius 1 is 1.31 bits per heavy atom. The topological polar surface area (TPSA) is 69.2 Å². The minimum atomic E-state index is 0.617. The summed E-state index contributed by atoms with van der Waals surface area (Å²) in [4.78, 5) is 11.4. The van der Waals surface area contributed by atoms with Gasteiger partial charge >= 0.3 is 0 Å². The van der Waals surface area contributed by atoms with Gasteiger partial charge in [0.05, 0.1) is 17.5 Å². The number of rotatable bonds is 5. The van der Waals surface area contributed by atoms with Crippen molar-refractivity contribution in [1.29, 1.82) is 5.26 Å². The third-order valence-corrected chi connectivity index (χ3v) is 4.93. The van der Waals surface area contributed by atoms with Crippen LogP contribution in [0.15, 0.2) is 42.7 Å². The maximum absolute atomic E-state index is 9.11. The fourth-order valence-corrected chi connectivity index (χ4v) is 3.56. The Labute approximate surface area is 153 Å². The van der Waals surface area contributed by atoms with Crippen LogP contribution >= 0.6 is 0 Å². The zero-order chi connectivity index (χ0) is 17.9. The molecule has 1 saturated heterocycles. The van der Waals surface area contributed by atoms with Crippen molar-refractivity contribution in [3.8, 4) is 6.07 Å². The number of imidazole rings is 1. The van der Waals surface area contributed by atoms with Crippen molar-refractivity contribution < 1.29 is 0 Å². The Hall–Kier alpha value is -2.91. The van der Waals surface area contributed by atoms with Crippen LogP contribution in [0.2, 0.25) is 0 Å². The standard InChI is InChI=1S/C20H22N6/c1-15-3-2-4-19(24-15)22-10-17-7-8-25(12-17)14-18-11-23-20-6-5-16(9-21)13-26(18)20/h2-6,11,13,17H,7-8,10,12,14H2,1H3,(H,22,24). The molecule has 1 aliphatic rings. The first-order chi connectivity index (χ1) is 12.7. The average molecular weight is 346 g/mol. The molecule has 0 saturated carbocycles. The van der Waals surface area contributed by atoms with E-state index >= 15 is 0 Å².